The molecule has 21 heavy (non-hydrogen) atoms. The van der Waals surface area contributed by atoms with E-state index in [9.17, 15) is 9.59 Å². The van der Waals surface area contributed by atoms with Crippen molar-refractivity contribution in [1.82, 2.24) is 10.6 Å². The number of ether oxygens (including phenoxy) is 1. The number of benzene rings is 1. The maximum Gasteiger partial charge on any atom is 0.251 e. The zero-order valence-corrected chi connectivity index (χ0v) is 13.2. The van der Waals surface area contributed by atoms with Crippen LogP contribution in [0.25, 0.3) is 0 Å². The third-order valence-corrected chi connectivity index (χ3v) is 2.78. The summed E-state index contributed by atoms with van der Waals surface area (Å²) < 4.78 is 5.03. The third-order valence-electron chi connectivity index (χ3n) is 2.78. The fourth-order valence-corrected chi connectivity index (χ4v) is 1.77. The molecule has 116 valence electrons. The lowest BCUT2D eigenvalue weighted by Crippen LogP contribution is -2.35. The molecular formula is C16H24N2O3. The summed E-state index contributed by atoms with van der Waals surface area (Å²) in [4.78, 5) is 23.5. The van der Waals surface area contributed by atoms with E-state index in [0.717, 1.165) is 0 Å². The molecule has 0 radical (unpaired) electrons. The lowest BCUT2D eigenvalue weighted by atomic mass is 9.92. The van der Waals surface area contributed by atoms with Crippen molar-refractivity contribution in [1.29, 1.82) is 0 Å². The molecule has 5 heteroatoms. The number of hydrogen-bond donors (Lipinski definition) is 2. The highest BCUT2D eigenvalue weighted by Crippen LogP contribution is 2.17. The van der Waals surface area contributed by atoms with Crippen LogP contribution in [-0.4, -0.2) is 32.0 Å². The van der Waals surface area contributed by atoms with Crippen molar-refractivity contribution < 1.29 is 14.3 Å². The first-order valence-corrected chi connectivity index (χ1v) is 7.01. The van der Waals surface area contributed by atoms with Crippen LogP contribution in [0.3, 0.4) is 0 Å². The number of rotatable bonds is 6. The van der Waals surface area contributed by atoms with Crippen molar-refractivity contribution >= 4 is 11.8 Å². The minimum atomic E-state index is -0.164. The molecule has 0 saturated heterocycles. The molecule has 0 heterocycles. The van der Waals surface area contributed by atoms with Gasteiger partial charge >= 0.3 is 0 Å². The Hall–Kier alpha value is -2.04. The molecule has 1 aromatic carbocycles. The second-order valence-corrected chi connectivity index (χ2v) is 6.07. The first kappa shape index (κ1) is 17.0. The largest absolute Gasteiger partial charge is 0.497 e. The fourth-order valence-electron chi connectivity index (χ4n) is 1.77. The van der Waals surface area contributed by atoms with Crippen LogP contribution in [0.5, 0.6) is 5.75 Å². The Balaban J connectivity index is 2.28. The quantitative estimate of drug-likeness (QED) is 0.788. The smallest absolute Gasteiger partial charge is 0.251 e. The summed E-state index contributed by atoms with van der Waals surface area (Å²) in [6.07, 6.45) is 0.472. The van der Waals surface area contributed by atoms with Crippen LogP contribution in [0.15, 0.2) is 24.3 Å². The molecule has 0 spiro atoms. The zero-order chi connectivity index (χ0) is 15.9. The van der Waals surface area contributed by atoms with Crippen molar-refractivity contribution in [2.24, 2.45) is 5.41 Å². The summed E-state index contributed by atoms with van der Waals surface area (Å²) in [7, 11) is 1.58. The van der Waals surface area contributed by atoms with E-state index in [1.807, 2.05) is 20.8 Å². The maximum absolute atomic E-state index is 11.9. The van der Waals surface area contributed by atoms with E-state index in [4.69, 9.17) is 4.74 Å². The number of carbonyl (C=O) groups is 2. The molecular weight excluding hydrogens is 268 g/mol. The molecule has 0 aliphatic rings. The maximum atomic E-state index is 11.9. The minimum absolute atomic E-state index is 0.00111. The van der Waals surface area contributed by atoms with Crippen LogP contribution in [0.4, 0.5) is 0 Å². The topological polar surface area (TPSA) is 67.4 Å². The van der Waals surface area contributed by atoms with Gasteiger partial charge in [-0.15, -0.1) is 0 Å². The molecule has 2 N–H and O–H groups in total. The highest BCUT2D eigenvalue weighted by molar-refractivity contribution is 5.94. The summed E-state index contributed by atoms with van der Waals surface area (Å²) in [6, 6.07) is 6.87. The van der Waals surface area contributed by atoms with E-state index >= 15 is 0 Å². The Labute approximate surface area is 126 Å². The summed E-state index contributed by atoms with van der Waals surface area (Å²) in [5.41, 5.74) is 0.535. The number of hydrogen-bond acceptors (Lipinski definition) is 3. The molecule has 0 aromatic heterocycles. The molecule has 0 aliphatic carbocycles. The molecule has 5 nitrogen and oxygen atoms in total. The van der Waals surface area contributed by atoms with E-state index in [-0.39, 0.29) is 17.2 Å². The Morgan fingerprint density at radius 2 is 1.62 bits per heavy atom. The Kier molecular flexibility index (Phi) is 6.21. The van der Waals surface area contributed by atoms with Gasteiger partial charge in [-0.2, -0.15) is 0 Å². The molecule has 1 rings (SSSR count). The Morgan fingerprint density at radius 3 is 2.14 bits per heavy atom. The number of carbonyl (C=O) groups excluding carboxylic acids is 2. The number of amides is 2. The monoisotopic (exact) mass is 292 g/mol. The first-order chi connectivity index (χ1) is 9.81. The second kappa shape index (κ2) is 7.67. The normalized spacial score (nSPS) is 10.9. The summed E-state index contributed by atoms with van der Waals surface area (Å²) >= 11 is 0. The van der Waals surface area contributed by atoms with Crippen LogP contribution in [-0.2, 0) is 4.79 Å². The average molecular weight is 292 g/mol. The van der Waals surface area contributed by atoms with Gasteiger partial charge in [0, 0.05) is 25.1 Å². The van der Waals surface area contributed by atoms with Gasteiger partial charge in [0.1, 0.15) is 5.75 Å². The van der Waals surface area contributed by atoms with E-state index in [1.165, 1.54) is 0 Å². The molecule has 0 bridgehead atoms. The molecule has 0 saturated carbocycles. The van der Waals surface area contributed by atoms with Gasteiger partial charge in [0.2, 0.25) is 5.91 Å². The van der Waals surface area contributed by atoms with Crippen molar-refractivity contribution in [2.45, 2.75) is 27.2 Å². The van der Waals surface area contributed by atoms with Crippen molar-refractivity contribution in [3.8, 4) is 5.75 Å². The number of nitrogens with one attached hydrogen (secondary N) is 2. The van der Waals surface area contributed by atoms with E-state index < -0.39 is 0 Å². The molecule has 0 unspecified atom stereocenters. The molecule has 1 aromatic rings. The van der Waals surface area contributed by atoms with Gasteiger partial charge in [-0.3, -0.25) is 9.59 Å². The Morgan fingerprint density at radius 1 is 1.05 bits per heavy atom. The first-order valence-electron chi connectivity index (χ1n) is 7.01. The second-order valence-electron chi connectivity index (χ2n) is 6.07. The van der Waals surface area contributed by atoms with Gasteiger partial charge in [-0.05, 0) is 29.7 Å². The highest BCUT2D eigenvalue weighted by Gasteiger charge is 2.15. The third kappa shape index (κ3) is 6.79. The molecule has 2 amide bonds. The predicted octanol–water partition coefficient (Wildman–Crippen LogP) is 1.98. The molecule has 0 atom stereocenters. The van der Waals surface area contributed by atoms with Crippen molar-refractivity contribution in [2.75, 3.05) is 20.2 Å². The van der Waals surface area contributed by atoms with Crippen LogP contribution in [0.1, 0.15) is 37.6 Å². The van der Waals surface area contributed by atoms with Crippen molar-refractivity contribution in [3.05, 3.63) is 29.8 Å². The minimum Gasteiger partial charge on any atom is -0.497 e. The SMILES string of the molecule is COc1ccc(C(=O)NCCNC(=O)CC(C)(C)C)cc1. The van der Waals surface area contributed by atoms with Gasteiger partial charge in [0.25, 0.3) is 5.91 Å². The Bertz CT molecular complexity index is 475. The van der Waals surface area contributed by atoms with Gasteiger partial charge in [0.15, 0.2) is 0 Å². The fraction of sp³-hybridized carbons (Fsp3) is 0.500. The van der Waals surface area contributed by atoms with E-state index in [0.29, 0.717) is 30.8 Å². The summed E-state index contributed by atoms with van der Waals surface area (Å²) in [6.45, 7) is 6.87. The van der Waals surface area contributed by atoms with Crippen LogP contribution < -0.4 is 15.4 Å². The standard InChI is InChI=1S/C16H24N2O3/c1-16(2,3)11-14(19)17-9-10-18-15(20)12-5-7-13(21-4)8-6-12/h5-8H,9-11H2,1-4H3,(H,17,19)(H,18,20). The zero-order valence-electron chi connectivity index (χ0n) is 13.2. The highest BCUT2D eigenvalue weighted by atomic mass is 16.5. The van der Waals surface area contributed by atoms with E-state index in [1.54, 1.807) is 31.4 Å². The van der Waals surface area contributed by atoms with E-state index in [2.05, 4.69) is 10.6 Å². The lowest BCUT2D eigenvalue weighted by molar-refractivity contribution is -0.122. The summed E-state index contributed by atoms with van der Waals surface area (Å²) in [5, 5.41) is 5.55. The predicted molar refractivity (Wildman–Crippen MR) is 82.4 cm³/mol. The van der Waals surface area contributed by atoms with Crippen LogP contribution in [0, 0.1) is 5.41 Å². The summed E-state index contributed by atoms with van der Waals surface area (Å²) in [5.74, 6) is 0.546. The molecule has 0 aliphatic heterocycles. The van der Waals surface area contributed by atoms with Gasteiger partial charge in [-0.1, -0.05) is 20.8 Å². The average Bonchev–Trinajstić information content (AvgIpc) is 2.41. The van der Waals surface area contributed by atoms with Gasteiger partial charge in [0.05, 0.1) is 7.11 Å². The molecule has 0 fully saturated rings. The van der Waals surface area contributed by atoms with Crippen LogP contribution >= 0.6 is 0 Å². The number of methoxy groups -OCH3 is 1. The van der Waals surface area contributed by atoms with Gasteiger partial charge < -0.3 is 15.4 Å². The lowest BCUT2D eigenvalue weighted by Gasteiger charge is -2.17. The van der Waals surface area contributed by atoms with Crippen LogP contribution in [0.2, 0.25) is 0 Å². The van der Waals surface area contributed by atoms with Crippen molar-refractivity contribution in [3.63, 3.8) is 0 Å². The van der Waals surface area contributed by atoms with Gasteiger partial charge in [-0.25, -0.2) is 0 Å².